The number of carbonyl (C=O) groups is 1. The Balaban J connectivity index is 1.57. The molecule has 1 aliphatic heterocycles. The zero-order valence-corrected chi connectivity index (χ0v) is 13.8. The van der Waals surface area contributed by atoms with Crippen LogP contribution in [-0.4, -0.2) is 27.3 Å². The quantitative estimate of drug-likeness (QED) is 0.759. The van der Waals surface area contributed by atoms with Crippen molar-refractivity contribution in [2.45, 2.75) is 13.1 Å². The maximum Gasteiger partial charge on any atom is 0.322 e. The van der Waals surface area contributed by atoms with Crippen LogP contribution in [0.5, 0.6) is 0 Å². The molecule has 4 rings (SSSR count). The zero-order chi connectivity index (χ0) is 18.1. The second-order valence-corrected chi connectivity index (χ2v) is 6.07. The number of fused-ring (bicyclic) bond motifs is 1. The van der Waals surface area contributed by atoms with Gasteiger partial charge in [-0.2, -0.15) is 5.10 Å². The third-order valence-corrected chi connectivity index (χ3v) is 4.41. The van der Waals surface area contributed by atoms with Gasteiger partial charge in [-0.1, -0.05) is 24.3 Å². The van der Waals surface area contributed by atoms with Gasteiger partial charge in [0.15, 0.2) is 11.6 Å². The maximum atomic E-state index is 13.6. The lowest BCUT2D eigenvalue weighted by molar-refractivity contribution is 0.194. The van der Waals surface area contributed by atoms with Crippen molar-refractivity contribution in [3.63, 3.8) is 0 Å². The topological polar surface area (TPSA) is 50.2 Å². The van der Waals surface area contributed by atoms with E-state index in [9.17, 15) is 13.6 Å². The number of halogens is 2. The summed E-state index contributed by atoms with van der Waals surface area (Å²) in [6, 6.07) is 12.8. The highest BCUT2D eigenvalue weighted by molar-refractivity contribution is 5.89. The summed E-state index contributed by atoms with van der Waals surface area (Å²) in [6.07, 6.45) is 1.63. The van der Waals surface area contributed by atoms with Crippen molar-refractivity contribution in [1.82, 2.24) is 14.7 Å². The Morgan fingerprint density at radius 1 is 1.04 bits per heavy atom. The molecule has 2 aromatic carbocycles. The number of amides is 2. The van der Waals surface area contributed by atoms with Gasteiger partial charge in [0.2, 0.25) is 0 Å². The first-order chi connectivity index (χ1) is 12.6. The molecule has 0 radical (unpaired) electrons. The molecule has 7 heteroatoms. The number of hydrogen-bond acceptors (Lipinski definition) is 2. The first kappa shape index (κ1) is 16.3. The Morgan fingerprint density at radius 3 is 2.62 bits per heavy atom. The van der Waals surface area contributed by atoms with Crippen LogP contribution < -0.4 is 5.32 Å². The van der Waals surface area contributed by atoms with E-state index in [2.05, 4.69) is 10.4 Å². The van der Waals surface area contributed by atoms with E-state index in [-0.39, 0.29) is 6.03 Å². The van der Waals surface area contributed by atoms with Gasteiger partial charge in [-0.25, -0.2) is 13.6 Å². The van der Waals surface area contributed by atoms with Crippen LogP contribution >= 0.6 is 0 Å². The van der Waals surface area contributed by atoms with Crippen LogP contribution in [0.2, 0.25) is 0 Å². The average Bonchev–Trinajstić information content (AvgIpc) is 3.08. The number of carbonyl (C=O) groups excluding carboxylic acids is 1. The molecule has 26 heavy (non-hydrogen) atoms. The molecule has 1 N–H and O–H groups in total. The number of benzene rings is 2. The molecule has 0 aliphatic carbocycles. The fraction of sp³-hybridized carbons (Fsp3) is 0.158. The van der Waals surface area contributed by atoms with E-state index in [1.165, 1.54) is 6.07 Å². The van der Waals surface area contributed by atoms with E-state index < -0.39 is 11.6 Å². The van der Waals surface area contributed by atoms with Crippen molar-refractivity contribution in [1.29, 1.82) is 0 Å². The standard InChI is InChI=1S/C19H16F2N4O/c20-16-7-6-13(10-17(16)21)15-11-22-25-9-8-24(12-18(15)25)19(26)23-14-4-2-1-3-5-14/h1-7,10-11H,8-9,12H2,(H,23,26). The molecule has 5 nitrogen and oxygen atoms in total. The van der Waals surface area contributed by atoms with E-state index in [1.807, 2.05) is 30.3 Å². The number of rotatable bonds is 2. The maximum absolute atomic E-state index is 13.6. The highest BCUT2D eigenvalue weighted by Crippen LogP contribution is 2.28. The lowest BCUT2D eigenvalue weighted by Gasteiger charge is -2.28. The Morgan fingerprint density at radius 2 is 1.85 bits per heavy atom. The van der Waals surface area contributed by atoms with E-state index in [4.69, 9.17) is 0 Å². The Labute approximate surface area is 148 Å². The van der Waals surface area contributed by atoms with Crippen molar-refractivity contribution >= 4 is 11.7 Å². The van der Waals surface area contributed by atoms with Gasteiger partial charge in [0, 0.05) is 17.8 Å². The molecule has 132 valence electrons. The fourth-order valence-corrected chi connectivity index (χ4v) is 3.05. The van der Waals surface area contributed by atoms with Gasteiger partial charge in [0.1, 0.15) is 0 Å². The second-order valence-electron chi connectivity index (χ2n) is 6.07. The SMILES string of the molecule is O=C(Nc1ccccc1)N1CCn2ncc(-c3ccc(F)c(F)c3)c2C1. The number of hydrogen-bond donors (Lipinski definition) is 1. The highest BCUT2D eigenvalue weighted by atomic mass is 19.2. The van der Waals surface area contributed by atoms with Crippen molar-refractivity contribution in [3.8, 4) is 11.1 Å². The number of nitrogens with zero attached hydrogens (tertiary/aromatic N) is 3. The average molecular weight is 354 g/mol. The summed E-state index contributed by atoms with van der Waals surface area (Å²) < 4.78 is 28.6. The number of urea groups is 1. The highest BCUT2D eigenvalue weighted by Gasteiger charge is 2.24. The minimum absolute atomic E-state index is 0.208. The molecule has 0 atom stereocenters. The molecule has 0 bridgehead atoms. The Hall–Kier alpha value is -3.22. The van der Waals surface area contributed by atoms with Gasteiger partial charge in [-0.15, -0.1) is 0 Å². The molecular formula is C19H16F2N4O. The number of para-hydroxylation sites is 1. The molecule has 0 fully saturated rings. The monoisotopic (exact) mass is 354 g/mol. The summed E-state index contributed by atoms with van der Waals surface area (Å²) in [5, 5.41) is 7.16. The lowest BCUT2D eigenvalue weighted by atomic mass is 10.1. The molecule has 0 spiro atoms. The van der Waals surface area contributed by atoms with Gasteiger partial charge in [-0.3, -0.25) is 4.68 Å². The van der Waals surface area contributed by atoms with Gasteiger partial charge in [-0.05, 0) is 29.8 Å². The molecule has 2 amide bonds. The summed E-state index contributed by atoms with van der Waals surface area (Å²) in [5.41, 5.74) is 2.75. The molecule has 1 aliphatic rings. The van der Waals surface area contributed by atoms with E-state index in [1.54, 1.807) is 15.8 Å². The number of anilines is 1. The Bertz CT molecular complexity index is 955. The predicted molar refractivity (Wildman–Crippen MR) is 93.4 cm³/mol. The predicted octanol–water partition coefficient (Wildman–Crippen LogP) is 3.88. The minimum atomic E-state index is -0.906. The van der Waals surface area contributed by atoms with Gasteiger partial charge in [0.05, 0.1) is 25.0 Å². The van der Waals surface area contributed by atoms with Crippen molar-refractivity contribution in [3.05, 3.63) is 72.1 Å². The molecule has 2 heterocycles. The third kappa shape index (κ3) is 3.03. The van der Waals surface area contributed by atoms with E-state index >= 15 is 0 Å². The van der Waals surface area contributed by atoms with Crippen molar-refractivity contribution in [2.24, 2.45) is 0 Å². The van der Waals surface area contributed by atoms with E-state index in [0.717, 1.165) is 23.5 Å². The fourth-order valence-electron chi connectivity index (χ4n) is 3.05. The lowest BCUT2D eigenvalue weighted by Crippen LogP contribution is -2.41. The van der Waals surface area contributed by atoms with Crippen molar-refractivity contribution < 1.29 is 13.6 Å². The summed E-state index contributed by atoms with van der Waals surface area (Å²) in [4.78, 5) is 14.2. The molecule has 3 aromatic rings. The van der Waals surface area contributed by atoms with Crippen molar-refractivity contribution in [2.75, 3.05) is 11.9 Å². The molecule has 0 unspecified atom stereocenters. The smallest absolute Gasteiger partial charge is 0.317 e. The summed E-state index contributed by atoms with van der Waals surface area (Å²) >= 11 is 0. The first-order valence-corrected chi connectivity index (χ1v) is 8.23. The zero-order valence-electron chi connectivity index (χ0n) is 13.8. The molecule has 1 aromatic heterocycles. The minimum Gasteiger partial charge on any atom is -0.317 e. The van der Waals surface area contributed by atoms with Crippen LogP contribution in [0, 0.1) is 11.6 Å². The summed E-state index contributed by atoms with van der Waals surface area (Å²) in [6.45, 7) is 1.40. The molecular weight excluding hydrogens is 338 g/mol. The summed E-state index contributed by atoms with van der Waals surface area (Å²) in [5.74, 6) is -1.80. The van der Waals surface area contributed by atoms with Crippen LogP contribution in [-0.2, 0) is 13.1 Å². The normalized spacial score (nSPS) is 13.4. The first-order valence-electron chi connectivity index (χ1n) is 8.23. The summed E-state index contributed by atoms with van der Waals surface area (Å²) in [7, 11) is 0. The number of nitrogens with one attached hydrogen (secondary N) is 1. The third-order valence-electron chi connectivity index (χ3n) is 4.41. The van der Waals surface area contributed by atoms with Gasteiger partial charge >= 0.3 is 6.03 Å². The molecule has 0 saturated carbocycles. The van der Waals surface area contributed by atoms with Gasteiger partial charge < -0.3 is 10.2 Å². The number of aromatic nitrogens is 2. The van der Waals surface area contributed by atoms with Crippen LogP contribution in [0.4, 0.5) is 19.3 Å². The van der Waals surface area contributed by atoms with Gasteiger partial charge in [0.25, 0.3) is 0 Å². The van der Waals surface area contributed by atoms with E-state index in [0.29, 0.717) is 30.8 Å². The Kier molecular flexibility index (Phi) is 4.12. The van der Waals surface area contributed by atoms with Crippen LogP contribution in [0.25, 0.3) is 11.1 Å². The molecule has 0 saturated heterocycles. The van der Waals surface area contributed by atoms with Crippen LogP contribution in [0.15, 0.2) is 54.7 Å². The second kappa shape index (κ2) is 6.59. The largest absolute Gasteiger partial charge is 0.322 e. The van der Waals surface area contributed by atoms with Crippen LogP contribution in [0.1, 0.15) is 5.69 Å². The van der Waals surface area contributed by atoms with Crippen LogP contribution in [0.3, 0.4) is 0 Å².